The second-order valence-corrected chi connectivity index (χ2v) is 3.46. The Morgan fingerprint density at radius 3 is 2.75 bits per heavy atom. The highest BCUT2D eigenvalue weighted by Crippen LogP contribution is 2.14. The zero-order valence-corrected chi connectivity index (χ0v) is 8.69. The van der Waals surface area contributed by atoms with Crippen molar-refractivity contribution in [2.45, 2.75) is 13.3 Å². The fraction of sp³-hybridized carbons (Fsp3) is 0.167. The number of hydrogen-bond acceptors (Lipinski definition) is 3. The molecule has 0 aliphatic rings. The van der Waals surface area contributed by atoms with E-state index in [9.17, 15) is 9.59 Å². The lowest BCUT2D eigenvalue weighted by Crippen LogP contribution is -2.06. The van der Waals surface area contributed by atoms with Crippen LogP contribution in [-0.2, 0) is 6.42 Å². The van der Waals surface area contributed by atoms with Gasteiger partial charge >= 0.3 is 5.97 Å². The third kappa shape index (κ3) is 1.69. The van der Waals surface area contributed by atoms with Gasteiger partial charge in [-0.25, -0.2) is 4.79 Å². The molecule has 2 rings (SSSR count). The van der Waals surface area contributed by atoms with Crippen LogP contribution in [0, 0.1) is 0 Å². The highest BCUT2D eigenvalue weighted by Gasteiger charge is 2.10. The van der Waals surface area contributed by atoms with E-state index < -0.39 is 5.97 Å². The Balaban J connectivity index is 2.76. The number of fused-ring (bicyclic) bond motifs is 1. The Morgan fingerprint density at radius 1 is 1.38 bits per heavy atom. The first-order valence-electron chi connectivity index (χ1n) is 4.92. The molecule has 1 N–H and O–H groups in total. The van der Waals surface area contributed by atoms with Crippen molar-refractivity contribution in [2.24, 2.45) is 0 Å². The fourth-order valence-corrected chi connectivity index (χ4v) is 1.53. The van der Waals surface area contributed by atoms with E-state index >= 15 is 0 Å². The molecule has 0 unspecified atom stereocenters. The first-order valence-corrected chi connectivity index (χ1v) is 4.92. The van der Waals surface area contributed by atoms with Crippen LogP contribution in [0.2, 0.25) is 0 Å². The molecule has 16 heavy (non-hydrogen) atoms. The van der Waals surface area contributed by atoms with Crippen molar-refractivity contribution >= 4 is 16.9 Å². The molecular weight excluding hydrogens is 208 g/mol. The van der Waals surface area contributed by atoms with Crippen LogP contribution in [0.5, 0.6) is 0 Å². The molecule has 0 aliphatic carbocycles. The third-order valence-electron chi connectivity index (χ3n) is 2.41. The third-order valence-corrected chi connectivity index (χ3v) is 2.41. The van der Waals surface area contributed by atoms with E-state index in [1.807, 2.05) is 13.0 Å². The SMILES string of the molecule is CCc1ccc2oc(C(=O)O)cc(=O)c2c1. The van der Waals surface area contributed by atoms with Gasteiger partial charge in [0, 0.05) is 6.07 Å². The Hall–Kier alpha value is -2.10. The second-order valence-electron chi connectivity index (χ2n) is 3.46. The van der Waals surface area contributed by atoms with E-state index in [0.29, 0.717) is 11.0 Å². The molecule has 0 bridgehead atoms. The maximum absolute atomic E-state index is 11.6. The second kappa shape index (κ2) is 3.81. The lowest BCUT2D eigenvalue weighted by molar-refractivity contribution is 0.0663. The van der Waals surface area contributed by atoms with E-state index in [-0.39, 0.29) is 11.2 Å². The summed E-state index contributed by atoms with van der Waals surface area (Å²) in [6.07, 6.45) is 0.816. The van der Waals surface area contributed by atoms with Crippen LogP contribution in [0.3, 0.4) is 0 Å². The number of hydrogen-bond donors (Lipinski definition) is 1. The first kappa shape index (κ1) is 10.4. The molecule has 0 radical (unpaired) electrons. The van der Waals surface area contributed by atoms with Gasteiger partial charge in [-0.3, -0.25) is 4.79 Å². The lowest BCUT2D eigenvalue weighted by Gasteiger charge is -2.01. The predicted molar refractivity (Wildman–Crippen MR) is 58.8 cm³/mol. The largest absolute Gasteiger partial charge is 0.475 e. The van der Waals surface area contributed by atoms with Crippen LogP contribution >= 0.6 is 0 Å². The number of rotatable bonds is 2. The first-order chi connectivity index (χ1) is 7.61. The van der Waals surface area contributed by atoms with Crippen molar-refractivity contribution in [1.29, 1.82) is 0 Å². The standard InChI is InChI=1S/C12H10O4/c1-2-7-3-4-10-8(5-7)9(13)6-11(16-10)12(14)15/h3-6H,2H2,1H3,(H,14,15). The van der Waals surface area contributed by atoms with E-state index in [1.54, 1.807) is 12.1 Å². The fourth-order valence-electron chi connectivity index (χ4n) is 1.53. The molecule has 0 aliphatic heterocycles. The van der Waals surface area contributed by atoms with E-state index in [2.05, 4.69) is 0 Å². The highest BCUT2D eigenvalue weighted by molar-refractivity contribution is 5.87. The van der Waals surface area contributed by atoms with Crippen LogP contribution in [0.4, 0.5) is 0 Å². The molecule has 1 aromatic heterocycles. The highest BCUT2D eigenvalue weighted by atomic mass is 16.4. The van der Waals surface area contributed by atoms with Gasteiger partial charge in [0.15, 0.2) is 5.43 Å². The van der Waals surface area contributed by atoms with Crippen molar-refractivity contribution in [1.82, 2.24) is 0 Å². The monoisotopic (exact) mass is 218 g/mol. The maximum atomic E-state index is 11.6. The summed E-state index contributed by atoms with van der Waals surface area (Å²) in [5.41, 5.74) is 0.999. The molecule has 0 spiro atoms. The summed E-state index contributed by atoms with van der Waals surface area (Å²) in [5, 5.41) is 9.16. The van der Waals surface area contributed by atoms with Crippen LogP contribution < -0.4 is 5.43 Å². The molecule has 0 fully saturated rings. The Bertz CT molecular complexity index is 610. The summed E-state index contributed by atoms with van der Waals surface area (Å²) in [4.78, 5) is 22.3. The van der Waals surface area contributed by atoms with Gasteiger partial charge < -0.3 is 9.52 Å². The number of carbonyl (C=O) groups is 1. The maximum Gasteiger partial charge on any atom is 0.371 e. The molecule has 2 aromatic rings. The molecule has 0 amide bonds. The van der Waals surface area contributed by atoms with E-state index in [1.165, 1.54) is 0 Å². The van der Waals surface area contributed by atoms with Gasteiger partial charge in [-0.1, -0.05) is 13.0 Å². The number of aromatic carboxylic acids is 1. The van der Waals surface area contributed by atoms with Crippen LogP contribution in [0.15, 0.2) is 33.5 Å². The van der Waals surface area contributed by atoms with Gasteiger partial charge in [0.2, 0.25) is 5.76 Å². The number of carboxylic acid groups (broad SMARTS) is 1. The van der Waals surface area contributed by atoms with Crippen LogP contribution in [0.1, 0.15) is 23.0 Å². The Kier molecular flexibility index (Phi) is 2.48. The molecular formula is C12H10O4. The summed E-state index contributed by atoms with van der Waals surface area (Å²) in [6.45, 7) is 1.98. The Morgan fingerprint density at radius 2 is 2.12 bits per heavy atom. The van der Waals surface area contributed by atoms with Crippen LogP contribution in [-0.4, -0.2) is 11.1 Å². The topological polar surface area (TPSA) is 67.5 Å². The zero-order valence-electron chi connectivity index (χ0n) is 8.69. The summed E-state index contributed by atoms with van der Waals surface area (Å²) >= 11 is 0. The van der Waals surface area contributed by atoms with Gasteiger partial charge in [-0.15, -0.1) is 0 Å². The van der Waals surface area contributed by atoms with Crippen molar-refractivity contribution in [3.05, 3.63) is 45.8 Å². The molecule has 0 saturated heterocycles. The van der Waals surface area contributed by atoms with Crippen LogP contribution in [0.25, 0.3) is 11.0 Å². The van der Waals surface area contributed by atoms with E-state index in [4.69, 9.17) is 9.52 Å². The average molecular weight is 218 g/mol. The normalized spacial score (nSPS) is 10.6. The number of carboxylic acids is 1. The summed E-state index contributed by atoms with van der Waals surface area (Å²) in [7, 11) is 0. The molecule has 0 atom stereocenters. The quantitative estimate of drug-likeness (QED) is 0.837. The average Bonchev–Trinajstić information content (AvgIpc) is 2.28. The minimum Gasteiger partial charge on any atom is -0.475 e. The van der Waals surface area contributed by atoms with Gasteiger partial charge in [-0.05, 0) is 24.1 Å². The summed E-state index contributed by atoms with van der Waals surface area (Å²) in [5.74, 6) is -1.57. The lowest BCUT2D eigenvalue weighted by atomic mass is 10.1. The molecule has 0 saturated carbocycles. The predicted octanol–water partition coefficient (Wildman–Crippen LogP) is 2.05. The molecule has 4 nitrogen and oxygen atoms in total. The molecule has 82 valence electrons. The van der Waals surface area contributed by atoms with Crippen molar-refractivity contribution in [3.63, 3.8) is 0 Å². The molecule has 4 heteroatoms. The van der Waals surface area contributed by atoms with Gasteiger partial charge in [0.25, 0.3) is 0 Å². The molecule has 1 heterocycles. The van der Waals surface area contributed by atoms with Crippen molar-refractivity contribution in [2.75, 3.05) is 0 Å². The molecule has 1 aromatic carbocycles. The van der Waals surface area contributed by atoms with Gasteiger partial charge in [0.05, 0.1) is 5.39 Å². The van der Waals surface area contributed by atoms with Crippen molar-refractivity contribution in [3.8, 4) is 0 Å². The van der Waals surface area contributed by atoms with Crippen molar-refractivity contribution < 1.29 is 14.3 Å². The summed E-state index contributed by atoms with van der Waals surface area (Å²) < 4.78 is 5.10. The summed E-state index contributed by atoms with van der Waals surface area (Å²) in [6, 6.07) is 6.18. The minimum absolute atomic E-state index is 0.308. The number of aryl methyl sites for hydroxylation is 1. The minimum atomic E-state index is -1.24. The smallest absolute Gasteiger partial charge is 0.371 e. The number of benzene rings is 1. The Labute approximate surface area is 91.1 Å². The van der Waals surface area contributed by atoms with Gasteiger partial charge in [0.1, 0.15) is 5.58 Å². The zero-order chi connectivity index (χ0) is 11.7. The van der Waals surface area contributed by atoms with E-state index in [0.717, 1.165) is 18.1 Å². The van der Waals surface area contributed by atoms with Gasteiger partial charge in [-0.2, -0.15) is 0 Å².